The molecular weight excluding hydrogens is 348 g/mol. The minimum absolute atomic E-state index is 0.262. The number of nitrogens with zero attached hydrogens (tertiary/aromatic N) is 1. The van der Waals surface area contributed by atoms with Gasteiger partial charge >= 0.3 is 0 Å². The van der Waals surface area contributed by atoms with Crippen molar-refractivity contribution in [3.8, 4) is 0 Å². The quantitative estimate of drug-likeness (QED) is 0.665. The summed E-state index contributed by atoms with van der Waals surface area (Å²) < 4.78 is 27.2. The topological polar surface area (TPSA) is 54.0 Å². The van der Waals surface area contributed by atoms with Crippen molar-refractivity contribution in [2.75, 3.05) is 11.9 Å². The van der Waals surface area contributed by atoms with Crippen molar-refractivity contribution in [2.45, 2.75) is 13.0 Å². The smallest absolute Gasteiger partial charge is 0.251 e. The largest absolute Gasteiger partial charge is 0.366 e. The second-order valence-electron chi connectivity index (χ2n) is 5.97. The Morgan fingerprint density at radius 1 is 0.926 bits per heavy atom. The molecule has 0 aliphatic rings. The Labute approximate surface area is 156 Å². The second kappa shape index (κ2) is 8.89. The van der Waals surface area contributed by atoms with Gasteiger partial charge in [0.05, 0.1) is 0 Å². The maximum atomic E-state index is 13.7. The van der Waals surface area contributed by atoms with E-state index in [1.165, 1.54) is 18.3 Å². The Morgan fingerprint density at radius 3 is 2.30 bits per heavy atom. The SMILES string of the molecule is O=C(NCCc1ccccc1F)c1ccnc(NCc2ccccc2F)c1. The van der Waals surface area contributed by atoms with Crippen LogP contribution in [0.2, 0.25) is 0 Å². The highest BCUT2D eigenvalue weighted by molar-refractivity contribution is 5.94. The lowest BCUT2D eigenvalue weighted by Crippen LogP contribution is -2.26. The second-order valence-corrected chi connectivity index (χ2v) is 5.97. The molecule has 2 aromatic carbocycles. The molecule has 0 saturated carbocycles. The molecule has 6 heteroatoms. The first-order valence-electron chi connectivity index (χ1n) is 8.58. The Bertz CT molecular complexity index is 931. The molecule has 0 bridgehead atoms. The average molecular weight is 367 g/mol. The predicted molar refractivity (Wildman–Crippen MR) is 100 cm³/mol. The molecule has 0 aliphatic carbocycles. The molecule has 0 saturated heterocycles. The summed E-state index contributed by atoms with van der Waals surface area (Å²) in [5.74, 6) is -0.384. The standard InChI is InChI=1S/C21H19F2N3O/c22-18-7-3-1-5-15(18)9-12-25-21(27)16-10-11-24-20(13-16)26-14-17-6-2-4-8-19(17)23/h1-8,10-11,13H,9,12,14H2,(H,24,26)(H,25,27). The fourth-order valence-corrected chi connectivity index (χ4v) is 2.61. The van der Waals surface area contributed by atoms with Gasteiger partial charge in [-0.1, -0.05) is 36.4 Å². The van der Waals surface area contributed by atoms with E-state index in [1.807, 2.05) is 0 Å². The first-order chi connectivity index (χ1) is 13.1. The molecule has 1 heterocycles. The van der Waals surface area contributed by atoms with Crippen LogP contribution in [-0.2, 0) is 13.0 Å². The predicted octanol–water partition coefficient (Wildman–Crippen LogP) is 3.94. The molecule has 0 aliphatic heterocycles. The fourth-order valence-electron chi connectivity index (χ4n) is 2.61. The van der Waals surface area contributed by atoms with Gasteiger partial charge in [0.2, 0.25) is 0 Å². The number of hydrogen-bond acceptors (Lipinski definition) is 3. The highest BCUT2D eigenvalue weighted by Gasteiger charge is 2.08. The van der Waals surface area contributed by atoms with E-state index in [0.717, 1.165) is 0 Å². The van der Waals surface area contributed by atoms with E-state index in [2.05, 4.69) is 15.6 Å². The van der Waals surface area contributed by atoms with Gasteiger partial charge in [0, 0.05) is 30.4 Å². The molecule has 0 radical (unpaired) electrons. The van der Waals surface area contributed by atoms with E-state index in [-0.39, 0.29) is 24.1 Å². The number of amides is 1. The summed E-state index contributed by atoms with van der Waals surface area (Å²) in [4.78, 5) is 16.4. The number of nitrogens with one attached hydrogen (secondary N) is 2. The van der Waals surface area contributed by atoms with Crippen molar-refractivity contribution in [2.24, 2.45) is 0 Å². The van der Waals surface area contributed by atoms with E-state index in [0.29, 0.717) is 35.5 Å². The summed E-state index contributed by atoms with van der Waals surface area (Å²) >= 11 is 0. The van der Waals surface area contributed by atoms with E-state index in [4.69, 9.17) is 0 Å². The molecular formula is C21H19F2N3O. The van der Waals surface area contributed by atoms with Crippen LogP contribution in [0.4, 0.5) is 14.6 Å². The van der Waals surface area contributed by atoms with E-state index in [9.17, 15) is 13.6 Å². The Hall–Kier alpha value is -3.28. The van der Waals surface area contributed by atoms with Crippen LogP contribution in [-0.4, -0.2) is 17.4 Å². The van der Waals surface area contributed by atoms with Crippen molar-refractivity contribution >= 4 is 11.7 Å². The van der Waals surface area contributed by atoms with Crippen LogP contribution < -0.4 is 10.6 Å². The highest BCUT2D eigenvalue weighted by atomic mass is 19.1. The third kappa shape index (κ3) is 5.10. The number of pyridine rings is 1. The first kappa shape index (κ1) is 18.5. The van der Waals surface area contributed by atoms with Crippen LogP contribution >= 0.6 is 0 Å². The lowest BCUT2D eigenvalue weighted by atomic mass is 10.1. The molecule has 3 aromatic rings. The molecule has 0 atom stereocenters. The molecule has 0 unspecified atom stereocenters. The zero-order chi connectivity index (χ0) is 19.1. The van der Waals surface area contributed by atoms with Crippen LogP contribution in [0.15, 0.2) is 66.9 Å². The Kier molecular flexibility index (Phi) is 6.10. The third-order valence-electron chi connectivity index (χ3n) is 4.08. The van der Waals surface area contributed by atoms with Gasteiger partial charge < -0.3 is 10.6 Å². The lowest BCUT2D eigenvalue weighted by molar-refractivity contribution is 0.0954. The average Bonchev–Trinajstić information content (AvgIpc) is 2.69. The Morgan fingerprint density at radius 2 is 1.59 bits per heavy atom. The number of hydrogen-bond donors (Lipinski definition) is 2. The minimum Gasteiger partial charge on any atom is -0.366 e. The van der Waals surface area contributed by atoms with Gasteiger partial charge in [-0.2, -0.15) is 0 Å². The molecule has 3 rings (SSSR count). The number of carbonyl (C=O) groups is 1. The van der Waals surface area contributed by atoms with Crippen LogP contribution in [0.5, 0.6) is 0 Å². The minimum atomic E-state index is -0.299. The lowest BCUT2D eigenvalue weighted by Gasteiger charge is -2.09. The number of halogens is 2. The van der Waals surface area contributed by atoms with Gasteiger partial charge in [0.25, 0.3) is 5.91 Å². The van der Waals surface area contributed by atoms with E-state index < -0.39 is 0 Å². The van der Waals surface area contributed by atoms with Crippen LogP contribution in [0.1, 0.15) is 21.5 Å². The van der Waals surface area contributed by atoms with Gasteiger partial charge in [-0.15, -0.1) is 0 Å². The van der Waals surface area contributed by atoms with Gasteiger partial charge in [-0.25, -0.2) is 13.8 Å². The maximum Gasteiger partial charge on any atom is 0.251 e. The van der Waals surface area contributed by atoms with Crippen LogP contribution in [0.3, 0.4) is 0 Å². The van der Waals surface area contributed by atoms with Gasteiger partial charge in [-0.05, 0) is 36.2 Å². The molecule has 138 valence electrons. The van der Waals surface area contributed by atoms with Gasteiger partial charge in [0.15, 0.2) is 0 Å². The zero-order valence-corrected chi connectivity index (χ0v) is 14.6. The number of anilines is 1. The molecule has 0 spiro atoms. The van der Waals surface area contributed by atoms with Crippen molar-refractivity contribution in [1.82, 2.24) is 10.3 Å². The normalized spacial score (nSPS) is 10.4. The monoisotopic (exact) mass is 367 g/mol. The summed E-state index contributed by atoms with van der Waals surface area (Å²) in [7, 11) is 0. The highest BCUT2D eigenvalue weighted by Crippen LogP contribution is 2.12. The summed E-state index contributed by atoms with van der Waals surface area (Å²) in [6.07, 6.45) is 1.91. The zero-order valence-electron chi connectivity index (χ0n) is 14.6. The number of rotatable bonds is 7. The molecule has 27 heavy (non-hydrogen) atoms. The third-order valence-corrected chi connectivity index (χ3v) is 4.08. The molecule has 4 nitrogen and oxygen atoms in total. The van der Waals surface area contributed by atoms with E-state index in [1.54, 1.807) is 48.5 Å². The van der Waals surface area contributed by atoms with Crippen molar-refractivity contribution in [3.63, 3.8) is 0 Å². The molecule has 1 amide bonds. The van der Waals surface area contributed by atoms with Crippen LogP contribution in [0, 0.1) is 11.6 Å². The summed E-state index contributed by atoms with van der Waals surface area (Å²) in [5.41, 5.74) is 1.49. The summed E-state index contributed by atoms with van der Waals surface area (Å²) in [6.45, 7) is 0.581. The number of carbonyl (C=O) groups excluding carboxylic acids is 1. The number of benzene rings is 2. The maximum absolute atomic E-state index is 13.7. The van der Waals surface area contributed by atoms with Crippen molar-refractivity contribution in [1.29, 1.82) is 0 Å². The van der Waals surface area contributed by atoms with Gasteiger partial charge in [-0.3, -0.25) is 4.79 Å². The molecule has 0 fully saturated rings. The van der Waals surface area contributed by atoms with Crippen LogP contribution in [0.25, 0.3) is 0 Å². The van der Waals surface area contributed by atoms with Crippen molar-refractivity contribution < 1.29 is 13.6 Å². The molecule has 1 aromatic heterocycles. The number of aromatic nitrogens is 1. The summed E-state index contributed by atoms with van der Waals surface area (Å²) in [6, 6.07) is 16.1. The van der Waals surface area contributed by atoms with Crippen molar-refractivity contribution in [3.05, 3.63) is 95.2 Å². The van der Waals surface area contributed by atoms with E-state index >= 15 is 0 Å². The summed E-state index contributed by atoms with van der Waals surface area (Å²) in [5, 5.41) is 5.77. The van der Waals surface area contributed by atoms with Gasteiger partial charge in [0.1, 0.15) is 17.5 Å². The first-order valence-corrected chi connectivity index (χ1v) is 8.58. The molecule has 2 N–H and O–H groups in total. The Balaban J connectivity index is 1.55. The fraction of sp³-hybridized carbons (Fsp3) is 0.143.